The maximum Gasteiger partial charge on any atom is -0.00923 e. The summed E-state index contributed by atoms with van der Waals surface area (Å²) in [5.74, 6) is 0. The van der Waals surface area contributed by atoms with Crippen LogP contribution in [-0.4, -0.2) is 0 Å². The lowest BCUT2D eigenvalue weighted by Crippen LogP contribution is -1.96. The third-order valence-electron chi connectivity index (χ3n) is 13.7. The first-order chi connectivity index (χ1) is 31.5. The fourth-order valence-electron chi connectivity index (χ4n) is 9.88. The fraction of sp³-hybridized carbons (Fsp3) is 0.312. The highest BCUT2D eigenvalue weighted by Gasteiger charge is 2.21. The first-order valence-corrected chi connectivity index (χ1v) is 25.0. The minimum atomic E-state index is 1.14. The summed E-state index contributed by atoms with van der Waals surface area (Å²) in [4.78, 5) is 0. The van der Waals surface area contributed by atoms with Crippen LogP contribution in [0.25, 0.3) is 77.2 Å². The Labute approximate surface area is 385 Å². The molecule has 0 saturated heterocycles. The average Bonchev–Trinajstić information content (AvgIpc) is 3.33. The average molecular weight is 839 g/mol. The van der Waals surface area contributed by atoms with E-state index in [9.17, 15) is 0 Å². The molecule has 0 amide bonds. The predicted octanol–water partition coefficient (Wildman–Crippen LogP) is 19.5. The highest BCUT2D eigenvalue weighted by atomic mass is 14.2. The van der Waals surface area contributed by atoms with Gasteiger partial charge in [-0.1, -0.05) is 224 Å². The van der Waals surface area contributed by atoms with Gasteiger partial charge in [0.25, 0.3) is 0 Å². The van der Waals surface area contributed by atoms with Crippen molar-refractivity contribution >= 4 is 21.5 Å². The van der Waals surface area contributed by atoms with Crippen LogP contribution in [0.3, 0.4) is 0 Å². The molecule has 0 heteroatoms. The van der Waals surface area contributed by atoms with Crippen LogP contribution in [0.2, 0.25) is 0 Å². The van der Waals surface area contributed by atoms with Gasteiger partial charge in [0.15, 0.2) is 0 Å². The van der Waals surface area contributed by atoms with Crippen molar-refractivity contribution < 1.29 is 0 Å². The van der Waals surface area contributed by atoms with E-state index in [1.165, 1.54) is 189 Å². The van der Waals surface area contributed by atoms with Crippen LogP contribution in [0, 0.1) is 13.8 Å². The highest BCUT2D eigenvalue weighted by molar-refractivity contribution is 6.03. The molecule has 0 saturated carbocycles. The van der Waals surface area contributed by atoms with Crippen molar-refractivity contribution in [2.75, 3.05) is 0 Å². The lowest BCUT2D eigenvalue weighted by molar-refractivity contribution is 0.589. The molecule has 64 heavy (non-hydrogen) atoms. The maximum atomic E-state index is 2.54. The molecule has 0 aliphatic carbocycles. The van der Waals surface area contributed by atoms with E-state index in [0.717, 1.165) is 12.8 Å². The quantitative estimate of drug-likeness (QED) is 0.0633. The van der Waals surface area contributed by atoms with Gasteiger partial charge in [-0.2, -0.15) is 0 Å². The third-order valence-corrected chi connectivity index (χ3v) is 13.7. The molecule has 8 aromatic rings. The second-order valence-corrected chi connectivity index (χ2v) is 18.7. The summed E-state index contributed by atoms with van der Waals surface area (Å²) in [6.45, 7) is 9.07. The Kier molecular flexibility index (Phi) is 15.6. The van der Waals surface area contributed by atoms with Gasteiger partial charge >= 0.3 is 0 Å². The van der Waals surface area contributed by atoms with Gasteiger partial charge in [0, 0.05) is 0 Å². The summed E-state index contributed by atoms with van der Waals surface area (Å²) < 4.78 is 0. The minimum absolute atomic E-state index is 1.14. The Morgan fingerprint density at radius 2 is 0.609 bits per heavy atom. The second-order valence-electron chi connectivity index (χ2n) is 18.7. The monoisotopic (exact) mass is 839 g/mol. The third kappa shape index (κ3) is 11.1. The van der Waals surface area contributed by atoms with Crippen molar-refractivity contribution in [3.63, 3.8) is 0 Å². The summed E-state index contributed by atoms with van der Waals surface area (Å²) in [6.07, 6.45) is 21.0. The van der Waals surface area contributed by atoms with Crippen LogP contribution in [0.1, 0.15) is 126 Å². The van der Waals surface area contributed by atoms with Crippen molar-refractivity contribution in [2.24, 2.45) is 0 Å². The Bertz CT molecular complexity index is 2730. The summed E-state index contributed by atoms with van der Waals surface area (Å²) in [5, 5.41) is 5.08. The van der Waals surface area contributed by atoms with Crippen LogP contribution >= 0.6 is 0 Å². The Hall–Kier alpha value is -5.72. The number of aryl methyl sites for hydroxylation is 4. The van der Waals surface area contributed by atoms with E-state index in [1.54, 1.807) is 0 Å². The van der Waals surface area contributed by atoms with Gasteiger partial charge in [0.05, 0.1) is 0 Å². The van der Waals surface area contributed by atoms with E-state index in [2.05, 4.69) is 185 Å². The molecule has 0 aliphatic rings. The molecule has 0 unspecified atom stereocenters. The zero-order valence-electron chi connectivity index (χ0n) is 39.3. The molecule has 0 bridgehead atoms. The zero-order chi connectivity index (χ0) is 44.1. The van der Waals surface area contributed by atoms with E-state index in [1.807, 2.05) is 0 Å². The van der Waals surface area contributed by atoms with Gasteiger partial charge in [-0.25, -0.2) is 0 Å². The van der Waals surface area contributed by atoms with Gasteiger partial charge in [-0.3, -0.25) is 0 Å². The van der Waals surface area contributed by atoms with Crippen LogP contribution in [0.4, 0.5) is 0 Å². The van der Waals surface area contributed by atoms with Crippen LogP contribution in [-0.2, 0) is 12.8 Å². The maximum absolute atomic E-state index is 2.54. The molecule has 0 radical (unpaired) electrons. The summed E-state index contributed by atoms with van der Waals surface area (Å²) in [7, 11) is 0. The van der Waals surface area contributed by atoms with Gasteiger partial charge in [0.1, 0.15) is 0 Å². The minimum Gasteiger partial charge on any atom is -0.0654 e. The molecule has 8 rings (SSSR count). The standard InChI is InChI=1S/C64H70/c1-5-7-9-11-13-15-17-23-49-31-37-52(38-32-49)60-46-64(62-44-57-28-22-21-27-56(57)43-59(62)51-35-29-47(3)30-36-51)61(45-63(60)58-42-55-26-20-19-25-54(55)41-48(58)4)53-39-33-50(34-40-53)24-18-16-14-12-10-8-6-2/h19-22,25-46H,5-18,23-24H2,1-4H3. The summed E-state index contributed by atoms with van der Waals surface area (Å²) >= 11 is 0. The predicted molar refractivity (Wildman–Crippen MR) is 282 cm³/mol. The molecule has 0 atom stereocenters. The molecule has 0 aliphatic heterocycles. The van der Waals surface area contributed by atoms with Gasteiger partial charge in [-0.05, 0) is 164 Å². The van der Waals surface area contributed by atoms with Gasteiger partial charge in [0.2, 0.25) is 0 Å². The molecule has 0 spiro atoms. The van der Waals surface area contributed by atoms with Crippen molar-refractivity contribution in [1.29, 1.82) is 0 Å². The number of unbranched alkanes of at least 4 members (excludes halogenated alkanes) is 12. The van der Waals surface area contributed by atoms with E-state index in [0.29, 0.717) is 0 Å². The number of hydrogen-bond acceptors (Lipinski definition) is 0. The Morgan fingerprint density at radius 1 is 0.281 bits per heavy atom. The number of hydrogen-bond donors (Lipinski definition) is 0. The lowest BCUT2D eigenvalue weighted by Gasteiger charge is -2.22. The molecule has 0 N–H and O–H groups in total. The fourth-order valence-corrected chi connectivity index (χ4v) is 9.88. The van der Waals surface area contributed by atoms with E-state index < -0.39 is 0 Å². The highest BCUT2D eigenvalue weighted by Crippen LogP contribution is 2.47. The van der Waals surface area contributed by atoms with Crippen LogP contribution < -0.4 is 0 Å². The molecular weight excluding hydrogens is 769 g/mol. The van der Waals surface area contributed by atoms with Gasteiger partial charge < -0.3 is 0 Å². The molecule has 0 heterocycles. The SMILES string of the molecule is CCCCCCCCCc1ccc(-c2cc(-c3cc4ccccc4cc3-c3ccc(C)cc3)c(-c3ccc(CCCCCCCCC)cc3)cc2-c2cc3ccccc3cc2C)cc1. The molecule has 326 valence electrons. The van der Waals surface area contributed by atoms with E-state index in [-0.39, 0.29) is 0 Å². The van der Waals surface area contributed by atoms with Crippen molar-refractivity contribution in [3.8, 4) is 55.6 Å². The molecule has 8 aromatic carbocycles. The van der Waals surface area contributed by atoms with Crippen molar-refractivity contribution in [1.82, 2.24) is 0 Å². The van der Waals surface area contributed by atoms with Crippen LogP contribution in [0.15, 0.2) is 158 Å². The zero-order valence-corrected chi connectivity index (χ0v) is 39.3. The van der Waals surface area contributed by atoms with E-state index in [4.69, 9.17) is 0 Å². The first kappa shape index (κ1) is 44.9. The normalized spacial score (nSPS) is 11.5. The Balaban J connectivity index is 1.27. The van der Waals surface area contributed by atoms with E-state index >= 15 is 0 Å². The number of rotatable bonds is 21. The first-order valence-electron chi connectivity index (χ1n) is 25.0. The van der Waals surface area contributed by atoms with Gasteiger partial charge in [-0.15, -0.1) is 0 Å². The lowest BCUT2D eigenvalue weighted by atomic mass is 9.81. The van der Waals surface area contributed by atoms with Crippen LogP contribution in [0.5, 0.6) is 0 Å². The smallest absolute Gasteiger partial charge is 0.00923 e. The van der Waals surface area contributed by atoms with Crippen molar-refractivity contribution in [2.45, 2.75) is 130 Å². The molecular formula is C64H70. The molecule has 0 fully saturated rings. The topological polar surface area (TPSA) is 0 Å². The molecule has 0 aromatic heterocycles. The number of benzene rings is 8. The second kappa shape index (κ2) is 22.3. The Morgan fingerprint density at radius 3 is 1.06 bits per heavy atom. The largest absolute Gasteiger partial charge is 0.0654 e. The van der Waals surface area contributed by atoms with Crippen molar-refractivity contribution in [3.05, 3.63) is 180 Å². The number of fused-ring (bicyclic) bond motifs is 2. The summed E-state index contributed by atoms with van der Waals surface area (Å²) in [5.41, 5.74) is 18.1. The molecule has 0 nitrogen and oxygen atoms in total. The summed E-state index contributed by atoms with van der Waals surface area (Å²) in [6, 6.07) is 60.8.